The van der Waals surface area contributed by atoms with E-state index in [4.69, 9.17) is 15.9 Å². The van der Waals surface area contributed by atoms with Crippen molar-refractivity contribution in [3.8, 4) is 11.5 Å². The lowest BCUT2D eigenvalue weighted by molar-refractivity contribution is 0.264. The lowest BCUT2D eigenvalue weighted by Crippen LogP contribution is -2.14. The Morgan fingerprint density at radius 2 is 1.92 bits per heavy atom. The van der Waals surface area contributed by atoms with Crippen molar-refractivity contribution >= 4 is 12.4 Å². The van der Waals surface area contributed by atoms with Gasteiger partial charge in [-0.25, -0.2) is 0 Å². The smallest absolute Gasteiger partial charge is 0.162 e. The molecule has 0 amide bonds. The van der Waals surface area contributed by atoms with Crippen LogP contribution >= 0.6 is 12.4 Å². The Bertz CT molecular complexity index is 280. The Kier molecular flexibility index (Phi) is 4.55. The van der Waals surface area contributed by atoms with Gasteiger partial charge in [0.25, 0.3) is 0 Å². The van der Waals surface area contributed by atoms with E-state index >= 15 is 0 Å². The third-order valence-electron chi connectivity index (χ3n) is 1.64. The predicted molar refractivity (Wildman–Crippen MR) is 51.0 cm³/mol. The molecule has 0 aromatic heterocycles. The topological polar surface area (TPSA) is 86.7 Å². The maximum absolute atomic E-state index is 9.26. The maximum Gasteiger partial charge on any atom is 0.162 e. The molecule has 0 radical (unpaired) electrons. The van der Waals surface area contributed by atoms with Crippen LogP contribution in [0, 0.1) is 0 Å². The number of phenols is 2. The molecule has 0 fully saturated rings. The van der Waals surface area contributed by atoms with Gasteiger partial charge in [-0.3, -0.25) is 0 Å². The van der Waals surface area contributed by atoms with Crippen LogP contribution < -0.4 is 5.73 Å². The zero-order valence-corrected chi connectivity index (χ0v) is 7.66. The number of halogens is 1. The van der Waals surface area contributed by atoms with Crippen molar-refractivity contribution in [1.82, 2.24) is 0 Å². The molecular weight excluding hydrogens is 194 g/mol. The molecule has 0 aliphatic heterocycles. The summed E-state index contributed by atoms with van der Waals surface area (Å²) in [6.07, 6.45) is 0. The number of nitrogens with two attached hydrogens (primary N) is 1. The third-order valence-corrected chi connectivity index (χ3v) is 1.64. The zero-order valence-electron chi connectivity index (χ0n) is 6.84. The van der Waals surface area contributed by atoms with Crippen molar-refractivity contribution in [2.75, 3.05) is 6.61 Å². The number of aromatic hydroxyl groups is 2. The number of hydrogen-bond acceptors (Lipinski definition) is 4. The summed E-state index contributed by atoms with van der Waals surface area (Å²) in [6, 6.07) is 3.80. The first-order chi connectivity index (χ1) is 5.66. The van der Waals surface area contributed by atoms with Gasteiger partial charge < -0.3 is 21.1 Å². The molecule has 0 unspecified atom stereocenters. The van der Waals surface area contributed by atoms with Crippen LogP contribution in [-0.4, -0.2) is 21.9 Å². The van der Waals surface area contributed by atoms with E-state index in [0.29, 0.717) is 5.56 Å². The van der Waals surface area contributed by atoms with Crippen molar-refractivity contribution in [1.29, 1.82) is 0 Å². The molecule has 5 heteroatoms. The van der Waals surface area contributed by atoms with Crippen molar-refractivity contribution in [3.05, 3.63) is 23.8 Å². The van der Waals surface area contributed by atoms with Crippen LogP contribution in [0.3, 0.4) is 0 Å². The monoisotopic (exact) mass is 205 g/mol. The standard InChI is InChI=1S/C8H11NO3.ClH/c9-6(4-10)5-2-1-3-7(11)8(5)12;/h1-3,6,10-12H,4,9H2;1H/t6-;/m1./s1. The van der Waals surface area contributed by atoms with Crippen LogP contribution in [-0.2, 0) is 0 Å². The molecule has 0 heterocycles. The molecular formula is C8H12ClNO3. The Balaban J connectivity index is 0.00000144. The van der Waals surface area contributed by atoms with Crippen LogP contribution in [0.4, 0.5) is 0 Å². The average Bonchev–Trinajstić information content (AvgIpc) is 2.08. The van der Waals surface area contributed by atoms with Crippen LogP contribution in [0.5, 0.6) is 11.5 Å². The van der Waals surface area contributed by atoms with E-state index in [1.54, 1.807) is 12.1 Å². The van der Waals surface area contributed by atoms with E-state index in [1.807, 2.05) is 0 Å². The number of benzene rings is 1. The summed E-state index contributed by atoms with van der Waals surface area (Å²) in [5.41, 5.74) is 5.79. The van der Waals surface area contributed by atoms with Gasteiger partial charge in [0, 0.05) is 5.56 Å². The van der Waals surface area contributed by atoms with E-state index < -0.39 is 6.04 Å². The first-order valence-corrected chi connectivity index (χ1v) is 3.54. The number of hydrogen-bond donors (Lipinski definition) is 4. The first-order valence-electron chi connectivity index (χ1n) is 3.54. The van der Waals surface area contributed by atoms with E-state index in [0.717, 1.165) is 0 Å². The van der Waals surface area contributed by atoms with Crippen molar-refractivity contribution < 1.29 is 15.3 Å². The summed E-state index contributed by atoms with van der Waals surface area (Å²) >= 11 is 0. The molecule has 74 valence electrons. The van der Waals surface area contributed by atoms with Gasteiger partial charge in [0.1, 0.15) is 0 Å². The summed E-state index contributed by atoms with van der Waals surface area (Å²) in [5.74, 6) is -0.490. The second kappa shape index (κ2) is 4.91. The number of phenolic OH excluding ortho intramolecular Hbond substituents is 2. The minimum atomic E-state index is -0.655. The quantitative estimate of drug-likeness (QED) is 0.530. The fraction of sp³-hybridized carbons (Fsp3) is 0.250. The van der Waals surface area contributed by atoms with Gasteiger partial charge in [-0.05, 0) is 6.07 Å². The summed E-state index contributed by atoms with van der Waals surface area (Å²) in [6.45, 7) is -0.267. The van der Waals surface area contributed by atoms with Gasteiger partial charge in [0.2, 0.25) is 0 Å². The van der Waals surface area contributed by atoms with E-state index in [-0.39, 0.29) is 30.5 Å². The highest BCUT2D eigenvalue weighted by Crippen LogP contribution is 2.31. The number of aliphatic hydroxyl groups is 1. The van der Waals surface area contributed by atoms with Gasteiger partial charge in [0.05, 0.1) is 12.6 Å². The molecule has 1 aromatic carbocycles. The lowest BCUT2D eigenvalue weighted by atomic mass is 10.1. The van der Waals surface area contributed by atoms with Crippen molar-refractivity contribution in [2.45, 2.75) is 6.04 Å². The van der Waals surface area contributed by atoms with Crippen LogP contribution in [0.15, 0.2) is 18.2 Å². The average molecular weight is 206 g/mol. The second-order valence-corrected chi connectivity index (χ2v) is 2.50. The highest BCUT2D eigenvalue weighted by Gasteiger charge is 2.11. The maximum atomic E-state index is 9.26. The Labute approximate surface area is 82.0 Å². The lowest BCUT2D eigenvalue weighted by Gasteiger charge is -2.10. The molecule has 0 saturated carbocycles. The normalized spacial score (nSPS) is 11.8. The molecule has 0 saturated heterocycles. The minimum absolute atomic E-state index is 0. The van der Waals surface area contributed by atoms with Crippen LogP contribution in [0.2, 0.25) is 0 Å². The fourth-order valence-electron chi connectivity index (χ4n) is 0.946. The first kappa shape index (κ1) is 12.0. The molecule has 0 aliphatic carbocycles. The zero-order chi connectivity index (χ0) is 9.14. The summed E-state index contributed by atoms with van der Waals surface area (Å²) in [5, 5.41) is 27.0. The molecule has 1 aromatic rings. The Hall–Kier alpha value is -0.970. The second-order valence-electron chi connectivity index (χ2n) is 2.50. The van der Waals surface area contributed by atoms with Crippen LogP contribution in [0.1, 0.15) is 11.6 Å². The SMILES string of the molecule is Cl.N[C@H](CO)c1cccc(O)c1O. The van der Waals surface area contributed by atoms with Gasteiger partial charge in [0.15, 0.2) is 11.5 Å². The highest BCUT2D eigenvalue weighted by molar-refractivity contribution is 5.85. The molecule has 0 bridgehead atoms. The van der Waals surface area contributed by atoms with Crippen molar-refractivity contribution in [2.24, 2.45) is 5.73 Å². The minimum Gasteiger partial charge on any atom is -0.504 e. The Morgan fingerprint density at radius 1 is 1.31 bits per heavy atom. The molecule has 13 heavy (non-hydrogen) atoms. The van der Waals surface area contributed by atoms with Gasteiger partial charge in [-0.15, -0.1) is 12.4 Å². The summed E-state index contributed by atoms with van der Waals surface area (Å²) in [4.78, 5) is 0. The Morgan fingerprint density at radius 3 is 2.46 bits per heavy atom. The molecule has 1 rings (SSSR count). The molecule has 5 N–H and O–H groups in total. The molecule has 0 aliphatic rings. The number of aliphatic hydroxyl groups excluding tert-OH is 1. The number of para-hydroxylation sites is 1. The fourth-order valence-corrected chi connectivity index (χ4v) is 0.946. The molecule has 4 nitrogen and oxygen atoms in total. The molecule has 0 spiro atoms. The molecule has 1 atom stereocenters. The largest absolute Gasteiger partial charge is 0.504 e. The van der Waals surface area contributed by atoms with E-state index in [9.17, 15) is 5.11 Å². The summed E-state index contributed by atoms with van der Waals surface area (Å²) < 4.78 is 0. The van der Waals surface area contributed by atoms with Crippen LogP contribution in [0.25, 0.3) is 0 Å². The van der Waals surface area contributed by atoms with Crippen molar-refractivity contribution in [3.63, 3.8) is 0 Å². The van der Waals surface area contributed by atoms with E-state index in [2.05, 4.69) is 0 Å². The third kappa shape index (κ3) is 2.48. The van der Waals surface area contributed by atoms with E-state index in [1.165, 1.54) is 6.07 Å². The number of rotatable bonds is 2. The van der Waals surface area contributed by atoms with Gasteiger partial charge >= 0.3 is 0 Å². The highest BCUT2D eigenvalue weighted by atomic mass is 35.5. The van der Waals surface area contributed by atoms with Gasteiger partial charge in [-0.2, -0.15) is 0 Å². The van der Waals surface area contributed by atoms with Gasteiger partial charge in [-0.1, -0.05) is 12.1 Å². The summed E-state index contributed by atoms with van der Waals surface area (Å²) in [7, 11) is 0. The predicted octanol–water partition coefficient (Wildman–Crippen LogP) is 0.512.